The molecule has 0 radical (unpaired) electrons. The van der Waals surface area contributed by atoms with Gasteiger partial charge in [-0.25, -0.2) is 18.7 Å². The van der Waals surface area contributed by atoms with Gasteiger partial charge in [0, 0.05) is 35.9 Å². The maximum Gasteiger partial charge on any atom is 0.227 e. The molecule has 0 saturated carbocycles. The van der Waals surface area contributed by atoms with Gasteiger partial charge in [0.1, 0.15) is 17.1 Å². The average Bonchev–Trinajstić information content (AvgIpc) is 3.19. The maximum absolute atomic E-state index is 13.8. The van der Waals surface area contributed by atoms with Crippen LogP contribution in [0.3, 0.4) is 0 Å². The fourth-order valence-electron chi connectivity index (χ4n) is 3.18. The highest BCUT2D eigenvalue weighted by Crippen LogP contribution is 2.31. The number of nitrogens with zero attached hydrogens (tertiary/aromatic N) is 3. The number of imidazole rings is 1. The number of halogens is 2. The highest BCUT2D eigenvalue weighted by molar-refractivity contribution is 5.79. The molecule has 0 unspecified atom stereocenters. The Hall–Kier alpha value is -4.33. The molecule has 0 amide bonds. The van der Waals surface area contributed by atoms with Crippen molar-refractivity contribution < 1.29 is 13.5 Å². The van der Waals surface area contributed by atoms with Gasteiger partial charge in [-0.05, 0) is 60.2 Å². The number of nitrogens with one attached hydrogen (secondary N) is 2. The van der Waals surface area contributed by atoms with Crippen molar-refractivity contribution in [1.29, 1.82) is 0 Å². The number of rotatable bonds is 5. The first-order valence-corrected chi connectivity index (χ1v) is 9.41. The predicted octanol–water partition coefficient (Wildman–Crippen LogP) is 5.83. The van der Waals surface area contributed by atoms with Crippen LogP contribution >= 0.6 is 0 Å². The first-order chi connectivity index (χ1) is 15.2. The molecule has 2 N–H and O–H groups in total. The van der Waals surface area contributed by atoms with Gasteiger partial charge in [-0.3, -0.25) is 4.98 Å². The molecule has 2 aromatic carbocycles. The van der Waals surface area contributed by atoms with Gasteiger partial charge in [0.15, 0.2) is 5.82 Å². The van der Waals surface area contributed by atoms with Crippen molar-refractivity contribution in [3.05, 3.63) is 90.9 Å². The van der Waals surface area contributed by atoms with E-state index in [9.17, 15) is 8.78 Å². The van der Waals surface area contributed by atoms with Crippen LogP contribution in [0.1, 0.15) is 0 Å². The quantitative estimate of drug-likeness (QED) is 0.378. The number of anilines is 2. The van der Waals surface area contributed by atoms with Crippen LogP contribution in [0.2, 0.25) is 0 Å². The molecule has 0 aliphatic carbocycles. The Balaban J connectivity index is 1.35. The standard InChI is InChI=1S/C23H15F2N5O/c24-15-12-19(25)21-20(13-15)29-23(30-21)28-16-3-5-17(6-4-16)31-22-18(2-1-9-27-22)14-7-10-26-11-8-14/h1-13H,(H2,28,29,30). The summed E-state index contributed by atoms with van der Waals surface area (Å²) in [4.78, 5) is 15.4. The molecule has 8 heteroatoms. The summed E-state index contributed by atoms with van der Waals surface area (Å²) in [7, 11) is 0. The first-order valence-electron chi connectivity index (χ1n) is 9.41. The fraction of sp³-hybridized carbons (Fsp3) is 0. The highest BCUT2D eigenvalue weighted by Gasteiger charge is 2.11. The van der Waals surface area contributed by atoms with Crippen molar-refractivity contribution in [3.8, 4) is 22.8 Å². The molecule has 3 aromatic heterocycles. The Morgan fingerprint density at radius 1 is 0.903 bits per heavy atom. The second-order valence-electron chi connectivity index (χ2n) is 6.71. The molecule has 0 aliphatic heterocycles. The van der Waals surface area contributed by atoms with Gasteiger partial charge < -0.3 is 15.0 Å². The Morgan fingerprint density at radius 2 is 1.71 bits per heavy atom. The van der Waals surface area contributed by atoms with Crippen LogP contribution < -0.4 is 10.1 Å². The van der Waals surface area contributed by atoms with Crippen LogP contribution in [0.4, 0.5) is 20.4 Å². The van der Waals surface area contributed by atoms with Gasteiger partial charge in [-0.1, -0.05) is 0 Å². The van der Waals surface area contributed by atoms with Gasteiger partial charge in [-0.2, -0.15) is 0 Å². The second kappa shape index (κ2) is 7.83. The summed E-state index contributed by atoms with van der Waals surface area (Å²) in [6.07, 6.45) is 5.09. The summed E-state index contributed by atoms with van der Waals surface area (Å²) in [5, 5.41) is 3.03. The van der Waals surface area contributed by atoms with Crippen molar-refractivity contribution >= 4 is 22.7 Å². The zero-order valence-electron chi connectivity index (χ0n) is 16.0. The second-order valence-corrected chi connectivity index (χ2v) is 6.71. The topological polar surface area (TPSA) is 75.7 Å². The fourth-order valence-corrected chi connectivity index (χ4v) is 3.18. The van der Waals surface area contributed by atoms with Crippen molar-refractivity contribution in [1.82, 2.24) is 19.9 Å². The van der Waals surface area contributed by atoms with Gasteiger partial charge in [-0.15, -0.1) is 0 Å². The lowest BCUT2D eigenvalue weighted by Gasteiger charge is -2.10. The smallest absolute Gasteiger partial charge is 0.227 e. The molecular weight excluding hydrogens is 400 g/mol. The lowest BCUT2D eigenvalue weighted by atomic mass is 10.1. The summed E-state index contributed by atoms with van der Waals surface area (Å²) >= 11 is 0. The van der Waals surface area contributed by atoms with E-state index in [1.165, 1.54) is 6.07 Å². The summed E-state index contributed by atoms with van der Waals surface area (Å²) in [6.45, 7) is 0. The lowest BCUT2D eigenvalue weighted by Crippen LogP contribution is -1.94. The molecular formula is C23H15F2N5O. The summed E-state index contributed by atoms with van der Waals surface area (Å²) in [5.41, 5.74) is 2.85. The number of pyridine rings is 2. The van der Waals surface area contributed by atoms with Gasteiger partial charge >= 0.3 is 0 Å². The Labute approximate surface area is 175 Å². The summed E-state index contributed by atoms with van der Waals surface area (Å²) in [5.74, 6) is -0.00916. The van der Waals surface area contributed by atoms with Crippen LogP contribution in [-0.4, -0.2) is 19.9 Å². The van der Waals surface area contributed by atoms with Gasteiger partial charge in [0.2, 0.25) is 11.8 Å². The van der Waals surface area contributed by atoms with Crippen molar-refractivity contribution in [2.45, 2.75) is 0 Å². The zero-order chi connectivity index (χ0) is 21.2. The minimum absolute atomic E-state index is 0.0719. The third-order valence-electron chi connectivity index (χ3n) is 4.60. The predicted molar refractivity (Wildman–Crippen MR) is 113 cm³/mol. The van der Waals surface area contributed by atoms with Crippen molar-refractivity contribution in [2.24, 2.45) is 0 Å². The van der Waals surface area contributed by atoms with E-state index in [-0.39, 0.29) is 11.0 Å². The zero-order valence-corrected chi connectivity index (χ0v) is 16.0. The van der Waals surface area contributed by atoms with Crippen LogP contribution in [-0.2, 0) is 0 Å². The van der Waals surface area contributed by atoms with Crippen LogP contribution in [0.5, 0.6) is 11.6 Å². The summed E-state index contributed by atoms with van der Waals surface area (Å²) in [6, 6.07) is 16.7. The minimum atomic E-state index is -0.719. The van der Waals surface area contributed by atoms with Crippen molar-refractivity contribution in [2.75, 3.05) is 5.32 Å². The molecule has 0 bridgehead atoms. The molecule has 0 atom stereocenters. The van der Waals surface area contributed by atoms with E-state index >= 15 is 0 Å². The average molecular weight is 415 g/mol. The molecule has 31 heavy (non-hydrogen) atoms. The largest absolute Gasteiger partial charge is 0.438 e. The molecule has 5 aromatic rings. The van der Waals surface area contributed by atoms with Crippen LogP contribution in [0.15, 0.2) is 79.3 Å². The number of H-pyrrole nitrogens is 1. The number of fused-ring (bicyclic) bond motifs is 1. The van der Waals surface area contributed by atoms with E-state index in [2.05, 4.69) is 25.3 Å². The lowest BCUT2D eigenvalue weighted by molar-refractivity contribution is 0.465. The molecule has 5 rings (SSSR count). The van der Waals surface area contributed by atoms with Gasteiger partial charge in [0.05, 0.1) is 5.52 Å². The molecule has 3 heterocycles. The Bertz CT molecular complexity index is 1350. The molecule has 0 fully saturated rings. The maximum atomic E-state index is 13.8. The Kier molecular flexibility index (Phi) is 4.72. The number of aromatic nitrogens is 4. The number of aromatic amines is 1. The van der Waals surface area contributed by atoms with Crippen molar-refractivity contribution in [3.63, 3.8) is 0 Å². The molecule has 0 saturated heterocycles. The van der Waals surface area contributed by atoms with Crippen LogP contribution in [0.25, 0.3) is 22.2 Å². The molecule has 6 nitrogen and oxygen atoms in total. The highest BCUT2D eigenvalue weighted by atomic mass is 19.1. The van der Waals surface area contributed by atoms with E-state index in [1.807, 2.05) is 24.3 Å². The normalized spacial score (nSPS) is 10.9. The monoisotopic (exact) mass is 415 g/mol. The van der Waals surface area contributed by atoms with Crippen LogP contribution in [0, 0.1) is 11.6 Å². The van der Waals surface area contributed by atoms with E-state index in [4.69, 9.17) is 4.74 Å². The SMILES string of the molecule is Fc1cc(F)c2nc(Nc3ccc(Oc4ncccc4-c4ccncc4)cc3)[nH]c2c1. The first kappa shape index (κ1) is 18.7. The molecule has 0 aliphatic rings. The third-order valence-corrected chi connectivity index (χ3v) is 4.60. The molecule has 152 valence electrons. The number of benzene rings is 2. The number of ether oxygens (including phenoxy) is 1. The third kappa shape index (κ3) is 3.91. The van der Waals surface area contributed by atoms with E-state index in [1.54, 1.807) is 42.9 Å². The van der Waals surface area contributed by atoms with E-state index < -0.39 is 11.6 Å². The Morgan fingerprint density at radius 3 is 2.52 bits per heavy atom. The van der Waals surface area contributed by atoms with Gasteiger partial charge in [0.25, 0.3) is 0 Å². The number of hydrogen-bond acceptors (Lipinski definition) is 5. The van der Waals surface area contributed by atoms with E-state index in [0.717, 1.165) is 17.2 Å². The van der Waals surface area contributed by atoms with E-state index in [0.29, 0.717) is 23.3 Å². The number of hydrogen-bond donors (Lipinski definition) is 2. The molecule has 0 spiro atoms. The minimum Gasteiger partial charge on any atom is -0.438 e. The summed E-state index contributed by atoms with van der Waals surface area (Å²) < 4.78 is 33.2.